The molecular formula is C25H16F3N3O2S. The number of hydrogen-bond donors (Lipinski definition) is 1. The van der Waals surface area contributed by atoms with Crippen LogP contribution in [-0.4, -0.2) is 21.3 Å². The van der Waals surface area contributed by atoms with Crippen molar-refractivity contribution >= 4 is 34.7 Å². The lowest BCUT2D eigenvalue weighted by molar-refractivity contribution is -0.137. The fourth-order valence-electron chi connectivity index (χ4n) is 3.67. The van der Waals surface area contributed by atoms with E-state index in [2.05, 4.69) is 10.4 Å². The number of halogens is 3. The van der Waals surface area contributed by atoms with E-state index in [4.69, 9.17) is 0 Å². The zero-order valence-corrected chi connectivity index (χ0v) is 18.5. The second-order valence-electron chi connectivity index (χ2n) is 7.70. The number of carbonyl (C=O) groups is 2. The van der Waals surface area contributed by atoms with Gasteiger partial charge in [0.2, 0.25) is 0 Å². The third-order valence-electron chi connectivity index (χ3n) is 5.37. The summed E-state index contributed by atoms with van der Waals surface area (Å²) in [5, 5.41) is 7.50. The van der Waals surface area contributed by atoms with Gasteiger partial charge in [0.25, 0.3) is 0 Å². The van der Waals surface area contributed by atoms with Crippen LogP contribution in [0.4, 0.5) is 24.5 Å². The molecule has 0 fully saturated rings. The predicted molar refractivity (Wildman–Crippen MR) is 122 cm³/mol. The van der Waals surface area contributed by atoms with E-state index in [1.165, 1.54) is 29.9 Å². The van der Waals surface area contributed by atoms with E-state index >= 15 is 0 Å². The highest BCUT2D eigenvalue weighted by Gasteiger charge is 2.30. The van der Waals surface area contributed by atoms with E-state index in [0.717, 1.165) is 33.3 Å². The van der Waals surface area contributed by atoms with Gasteiger partial charge in [0.15, 0.2) is 11.6 Å². The minimum absolute atomic E-state index is 0.0460. The predicted octanol–water partition coefficient (Wildman–Crippen LogP) is 6.53. The summed E-state index contributed by atoms with van der Waals surface area (Å²) in [6.07, 6.45) is -3.09. The zero-order chi connectivity index (χ0) is 24.0. The molecule has 0 aliphatic carbocycles. The molecule has 0 unspecified atom stereocenters. The number of nitrogens with zero attached hydrogens (tertiary/aromatic N) is 2. The van der Waals surface area contributed by atoms with Crippen LogP contribution in [0.5, 0.6) is 0 Å². The highest BCUT2D eigenvalue weighted by molar-refractivity contribution is 7.99. The Hall–Kier alpha value is -3.85. The minimum atomic E-state index is -4.46. The molecule has 5 rings (SSSR count). The molecule has 1 N–H and O–H groups in total. The Balaban J connectivity index is 1.49. The van der Waals surface area contributed by atoms with Crippen LogP contribution in [-0.2, 0) is 6.18 Å². The fourth-order valence-corrected chi connectivity index (χ4v) is 4.64. The molecule has 0 atom stereocenters. The van der Waals surface area contributed by atoms with Crippen molar-refractivity contribution < 1.29 is 22.8 Å². The number of anilines is 2. The molecule has 9 heteroatoms. The maximum atomic E-state index is 13.3. The summed E-state index contributed by atoms with van der Waals surface area (Å²) < 4.78 is 39.9. The molecule has 34 heavy (non-hydrogen) atoms. The van der Waals surface area contributed by atoms with Gasteiger partial charge in [-0.05, 0) is 54.6 Å². The summed E-state index contributed by atoms with van der Waals surface area (Å²) in [6, 6.07) is 17.4. The first-order valence-corrected chi connectivity index (χ1v) is 11.0. The number of carbonyl (C=O) groups excluding carboxylic acids is 2. The number of ketones is 2. The van der Waals surface area contributed by atoms with Crippen molar-refractivity contribution in [3.8, 4) is 5.69 Å². The van der Waals surface area contributed by atoms with Gasteiger partial charge in [-0.25, -0.2) is 4.68 Å². The maximum absolute atomic E-state index is 13.3. The standard InChI is InChI=1S/C25H16F3N3O2S/c1-14(32)23-18(13-31(30-23)17-9-7-16(8-10-17)25(26,27)28)24(33)15-6-11-22-20(12-15)29-19-4-2-3-5-21(19)34-22/h2-13,29H,1H3. The van der Waals surface area contributed by atoms with E-state index < -0.39 is 23.3 Å². The molecule has 0 saturated carbocycles. The second kappa shape index (κ2) is 8.18. The Morgan fingerprint density at radius 3 is 2.35 bits per heavy atom. The van der Waals surface area contributed by atoms with Crippen molar-refractivity contribution in [1.29, 1.82) is 0 Å². The van der Waals surface area contributed by atoms with Gasteiger partial charge in [-0.3, -0.25) is 9.59 Å². The van der Waals surface area contributed by atoms with Crippen molar-refractivity contribution in [2.45, 2.75) is 22.9 Å². The molecule has 5 nitrogen and oxygen atoms in total. The largest absolute Gasteiger partial charge is 0.416 e. The van der Waals surface area contributed by atoms with Gasteiger partial charge in [0.05, 0.1) is 28.2 Å². The SMILES string of the molecule is CC(=O)c1nn(-c2ccc(C(F)(F)F)cc2)cc1C(=O)c1ccc2c(c1)Nc1ccccc1S2. The van der Waals surface area contributed by atoms with Gasteiger partial charge in [0.1, 0.15) is 5.69 Å². The van der Waals surface area contributed by atoms with Gasteiger partial charge in [0, 0.05) is 28.5 Å². The molecule has 1 aliphatic heterocycles. The molecule has 2 heterocycles. The molecule has 0 saturated heterocycles. The van der Waals surface area contributed by atoms with Crippen molar-refractivity contribution in [3.05, 3.63) is 95.3 Å². The van der Waals surface area contributed by atoms with E-state index in [0.29, 0.717) is 11.3 Å². The average Bonchev–Trinajstić information content (AvgIpc) is 3.27. The number of hydrogen-bond acceptors (Lipinski definition) is 5. The molecule has 0 amide bonds. The molecular weight excluding hydrogens is 463 g/mol. The number of fused-ring (bicyclic) bond motifs is 2. The molecule has 0 bridgehead atoms. The van der Waals surface area contributed by atoms with Crippen LogP contribution in [0.2, 0.25) is 0 Å². The fraction of sp³-hybridized carbons (Fsp3) is 0.0800. The van der Waals surface area contributed by atoms with Gasteiger partial charge < -0.3 is 5.32 Å². The molecule has 0 radical (unpaired) electrons. The summed E-state index contributed by atoms with van der Waals surface area (Å²) in [5.74, 6) is -0.827. The first-order valence-electron chi connectivity index (χ1n) is 10.2. The lowest BCUT2D eigenvalue weighted by Gasteiger charge is -2.21. The number of rotatable bonds is 4. The van der Waals surface area contributed by atoms with E-state index in [1.807, 2.05) is 30.3 Å². The van der Waals surface area contributed by atoms with Crippen molar-refractivity contribution in [1.82, 2.24) is 9.78 Å². The molecule has 1 aliphatic rings. The normalized spacial score (nSPS) is 12.5. The van der Waals surface area contributed by atoms with E-state index in [9.17, 15) is 22.8 Å². The van der Waals surface area contributed by atoms with Crippen LogP contribution in [0.15, 0.2) is 82.7 Å². The van der Waals surface area contributed by atoms with Gasteiger partial charge >= 0.3 is 6.18 Å². The Morgan fingerprint density at radius 2 is 1.65 bits per heavy atom. The topological polar surface area (TPSA) is 64.0 Å². The van der Waals surface area contributed by atoms with Crippen LogP contribution in [0.3, 0.4) is 0 Å². The number of aromatic nitrogens is 2. The Morgan fingerprint density at radius 1 is 0.941 bits per heavy atom. The summed E-state index contributed by atoms with van der Waals surface area (Å²) in [5.41, 5.74) is 1.60. The Kier molecular flexibility index (Phi) is 5.28. The summed E-state index contributed by atoms with van der Waals surface area (Å²) in [6.45, 7) is 1.29. The van der Waals surface area contributed by atoms with Crippen LogP contribution in [0.1, 0.15) is 38.9 Å². The quantitative estimate of drug-likeness (QED) is 0.297. The van der Waals surface area contributed by atoms with Gasteiger partial charge in [-0.2, -0.15) is 18.3 Å². The summed E-state index contributed by atoms with van der Waals surface area (Å²) in [4.78, 5) is 27.6. The van der Waals surface area contributed by atoms with Crippen molar-refractivity contribution in [2.75, 3.05) is 5.32 Å². The van der Waals surface area contributed by atoms with Crippen LogP contribution >= 0.6 is 11.8 Å². The third kappa shape index (κ3) is 3.99. The molecule has 1 aromatic heterocycles. The van der Waals surface area contributed by atoms with Crippen molar-refractivity contribution in [3.63, 3.8) is 0 Å². The number of nitrogens with one attached hydrogen (secondary N) is 1. The lowest BCUT2D eigenvalue weighted by atomic mass is 10.0. The molecule has 170 valence electrons. The highest BCUT2D eigenvalue weighted by Crippen LogP contribution is 2.44. The van der Waals surface area contributed by atoms with Crippen molar-refractivity contribution in [2.24, 2.45) is 0 Å². The Labute approximate surface area is 196 Å². The number of para-hydroxylation sites is 1. The minimum Gasteiger partial charge on any atom is -0.354 e. The Bertz CT molecular complexity index is 1440. The smallest absolute Gasteiger partial charge is 0.354 e. The number of alkyl halides is 3. The van der Waals surface area contributed by atoms with Crippen LogP contribution in [0, 0.1) is 0 Å². The first kappa shape index (κ1) is 22.0. The molecule has 4 aromatic rings. The van der Waals surface area contributed by atoms with Crippen LogP contribution < -0.4 is 5.32 Å². The lowest BCUT2D eigenvalue weighted by Crippen LogP contribution is -2.08. The maximum Gasteiger partial charge on any atom is 0.416 e. The monoisotopic (exact) mass is 479 g/mol. The average molecular weight is 479 g/mol. The molecule has 0 spiro atoms. The van der Waals surface area contributed by atoms with E-state index in [-0.39, 0.29) is 11.3 Å². The van der Waals surface area contributed by atoms with E-state index in [1.54, 1.807) is 23.9 Å². The second-order valence-corrected chi connectivity index (χ2v) is 8.78. The third-order valence-corrected chi connectivity index (χ3v) is 6.52. The zero-order valence-electron chi connectivity index (χ0n) is 17.7. The molecule has 3 aromatic carbocycles. The van der Waals surface area contributed by atoms with Crippen LogP contribution in [0.25, 0.3) is 5.69 Å². The highest BCUT2D eigenvalue weighted by atomic mass is 32.2. The van der Waals surface area contributed by atoms with Gasteiger partial charge in [-0.15, -0.1) is 0 Å². The number of benzene rings is 3. The van der Waals surface area contributed by atoms with Gasteiger partial charge in [-0.1, -0.05) is 23.9 Å². The number of Topliss-reactive ketones (excluding diaryl/α,β-unsaturated/α-hetero) is 1. The first-order chi connectivity index (χ1) is 16.2. The summed E-state index contributed by atoms with van der Waals surface area (Å²) >= 11 is 1.59. The summed E-state index contributed by atoms with van der Waals surface area (Å²) in [7, 11) is 0.